The van der Waals surface area contributed by atoms with Gasteiger partial charge in [0.25, 0.3) is 0 Å². The smallest absolute Gasteiger partial charge is 0.204 e. The summed E-state index contributed by atoms with van der Waals surface area (Å²) < 4.78 is 1.57. The van der Waals surface area contributed by atoms with E-state index in [1.54, 1.807) is 11.7 Å². The Bertz CT molecular complexity index is 1010. The number of nitrogens with zero attached hydrogens (tertiary/aromatic N) is 6. The van der Waals surface area contributed by atoms with Crippen molar-refractivity contribution < 1.29 is 4.84 Å². The number of oxime groups is 1. The summed E-state index contributed by atoms with van der Waals surface area (Å²) in [5.41, 5.74) is 3.24. The van der Waals surface area contributed by atoms with E-state index in [0.717, 1.165) is 17.0 Å². The molecule has 7 heteroatoms. The molecule has 0 unspecified atom stereocenters. The maximum atomic E-state index is 5.66. The number of rotatable bonds is 7. The highest BCUT2D eigenvalue weighted by Gasteiger charge is 2.15. The van der Waals surface area contributed by atoms with Gasteiger partial charge in [-0.25, -0.2) is 9.67 Å². The van der Waals surface area contributed by atoms with Gasteiger partial charge in [-0.2, -0.15) is 0 Å². The van der Waals surface area contributed by atoms with Gasteiger partial charge in [-0.15, -0.1) is 5.10 Å². The fraction of sp³-hybridized carbons (Fsp3) is 0.348. The van der Waals surface area contributed by atoms with Crippen LogP contribution in [0.4, 0.5) is 0 Å². The van der Waals surface area contributed by atoms with Gasteiger partial charge in [0.2, 0.25) is 5.82 Å². The molecule has 3 aromatic rings. The van der Waals surface area contributed by atoms with Crippen LogP contribution in [0.25, 0.3) is 6.08 Å². The Hall–Kier alpha value is -3.35. The quantitative estimate of drug-likeness (QED) is 0.438. The van der Waals surface area contributed by atoms with Gasteiger partial charge in [0, 0.05) is 12.6 Å². The molecule has 0 saturated heterocycles. The summed E-state index contributed by atoms with van der Waals surface area (Å²) in [6.45, 7) is 0.271. The van der Waals surface area contributed by atoms with E-state index < -0.39 is 0 Å². The third-order valence-electron chi connectivity index (χ3n) is 5.26. The van der Waals surface area contributed by atoms with Crippen molar-refractivity contribution in [3.05, 3.63) is 77.4 Å². The zero-order valence-electron chi connectivity index (χ0n) is 17.2. The third-order valence-corrected chi connectivity index (χ3v) is 5.26. The lowest BCUT2D eigenvalue weighted by Crippen LogP contribution is -2.12. The Balaban J connectivity index is 1.45. The average Bonchev–Trinajstić information content (AvgIpc) is 3.22. The standard InChI is InChI=1S/C23H26N6O/c1-29-23(25-27-28-29)22(19-11-6-3-7-12-19)26-30-17-21-14-8-13-20(24-21)16-15-18-9-4-2-5-10-18/h3,6-8,11-16,18H,2,4-5,9-10,17H2,1H3/b16-15+,26-22?. The van der Waals surface area contributed by atoms with Crippen molar-refractivity contribution in [2.75, 3.05) is 0 Å². The van der Waals surface area contributed by atoms with Crippen LogP contribution in [0.1, 0.15) is 54.9 Å². The molecule has 0 aliphatic heterocycles. The molecule has 1 saturated carbocycles. The molecule has 1 aliphatic carbocycles. The first-order chi connectivity index (χ1) is 14.8. The van der Waals surface area contributed by atoms with Crippen LogP contribution in [0.5, 0.6) is 0 Å². The van der Waals surface area contributed by atoms with Crippen molar-refractivity contribution in [2.24, 2.45) is 18.1 Å². The number of aryl methyl sites for hydroxylation is 1. The Morgan fingerprint density at radius 1 is 1.10 bits per heavy atom. The fourth-order valence-corrected chi connectivity index (χ4v) is 3.64. The second kappa shape index (κ2) is 9.91. The van der Waals surface area contributed by atoms with Gasteiger partial charge in [-0.05, 0) is 47.4 Å². The Kier molecular flexibility index (Phi) is 6.59. The van der Waals surface area contributed by atoms with E-state index in [-0.39, 0.29) is 6.61 Å². The number of hydrogen-bond acceptors (Lipinski definition) is 6. The van der Waals surface area contributed by atoms with Gasteiger partial charge in [-0.3, -0.25) is 0 Å². The summed E-state index contributed by atoms with van der Waals surface area (Å²) in [6, 6.07) is 15.7. The van der Waals surface area contributed by atoms with Crippen molar-refractivity contribution >= 4 is 11.8 Å². The van der Waals surface area contributed by atoms with Crippen LogP contribution in [0.2, 0.25) is 0 Å². The molecule has 1 aromatic carbocycles. The van der Waals surface area contributed by atoms with Crippen LogP contribution in [-0.2, 0) is 18.5 Å². The SMILES string of the molecule is Cn1nnnc1C(=NOCc1cccc(/C=C/C2CCCCC2)n1)c1ccccc1. The van der Waals surface area contributed by atoms with Crippen LogP contribution in [-0.4, -0.2) is 30.9 Å². The molecule has 1 fully saturated rings. The molecule has 0 bridgehead atoms. The van der Waals surface area contributed by atoms with Gasteiger partial charge >= 0.3 is 0 Å². The monoisotopic (exact) mass is 402 g/mol. The largest absolute Gasteiger partial charge is 0.389 e. The first-order valence-electron chi connectivity index (χ1n) is 10.4. The van der Waals surface area contributed by atoms with E-state index >= 15 is 0 Å². The maximum Gasteiger partial charge on any atom is 0.204 e. The zero-order chi connectivity index (χ0) is 20.6. The molecule has 0 atom stereocenters. The fourth-order valence-electron chi connectivity index (χ4n) is 3.64. The first kappa shape index (κ1) is 19.9. The topological polar surface area (TPSA) is 78.1 Å². The molecule has 0 amide bonds. The minimum Gasteiger partial charge on any atom is -0.389 e. The van der Waals surface area contributed by atoms with Crippen molar-refractivity contribution in [1.29, 1.82) is 0 Å². The zero-order valence-corrected chi connectivity index (χ0v) is 17.2. The second-order valence-corrected chi connectivity index (χ2v) is 7.52. The van der Waals surface area contributed by atoms with Gasteiger partial charge < -0.3 is 4.84 Å². The Morgan fingerprint density at radius 2 is 1.93 bits per heavy atom. The Morgan fingerprint density at radius 3 is 2.70 bits per heavy atom. The van der Waals surface area contributed by atoms with Gasteiger partial charge in [-0.1, -0.05) is 66.9 Å². The van der Waals surface area contributed by atoms with Gasteiger partial charge in [0.05, 0.1) is 11.4 Å². The molecule has 0 radical (unpaired) electrons. The molecule has 30 heavy (non-hydrogen) atoms. The highest BCUT2D eigenvalue weighted by Crippen LogP contribution is 2.25. The van der Waals surface area contributed by atoms with Crippen molar-refractivity contribution in [1.82, 2.24) is 25.2 Å². The molecular formula is C23H26N6O. The van der Waals surface area contributed by atoms with Crippen LogP contribution >= 0.6 is 0 Å². The number of allylic oxidation sites excluding steroid dienone is 1. The van der Waals surface area contributed by atoms with Crippen LogP contribution < -0.4 is 0 Å². The molecule has 2 heterocycles. The van der Waals surface area contributed by atoms with Crippen LogP contribution in [0.15, 0.2) is 59.8 Å². The predicted octanol–water partition coefficient (Wildman–Crippen LogP) is 4.17. The van der Waals surface area contributed by atoms with Crippen molar-refractivity contribution in [3.8, 4) is 0 Å². The normalized spacial score (nSPS) is 15.6. The molecule has 0 N–H and O–H groups in total. The highest BCUT2D eigenvalue weighted by molar-refractivity contribution is 6.10. The summed E-state index contributed by atoms with van der Waals surface area (Å²) in [4.78, 5) is 10.3. The summed E-state index contributed by atoms with van der Waals surface area (Å²) in [7, 11) is 1.78. The molecule has 1 aliphatic rings. The number of benzene rings is 1. The third kappa shape index (κ3) is 5.17. The van der Waals surface area contributed by atoms with Crippen molar-refractivity contribution in [3.63, 3.8) is 0 Å². The van der Waals surface area contributed by atoms with Crippen LogP contribution in [0, 0.1) is 5.92 Å². The summed E-state index contributed by atoms with van der Waals surface area (Å²) in [5, 5.41) is 16.0. The summed E-state index contributed by atoms with van der Waals surface area (Å²) >= 11 is 0. The average molecular weight is 403 g/mol. The molecule has 4 rings (SSSR count). The van der Waals surface area contributed by atoms with E-state index in [1.165, 1.54) is 32.1 Å². The molecule has 7 nitrogen and oxygen atoms in total. The van der Waals surface area contributed by atoms with E-state index in [0.29, 0.717) is 17.5 Å². The molecule has 2 aromatic heterocycles. The van der Waals surface area contributed by atoms with Crippen LogP contribution in [0.3, 0.4) is 0 Å². The predicted molar refractivity (Wildman–Crippen MR) is 116 cm³/mol. The Labute approximate surface area is 176 Å². The van der Waals surface area contributed by atoms with E-state index in [4.69, 9.17) is 4.84 Å². The molecular weight excluding hydrogens is 376 g/mol. The number of aromatic nitrogens is 5. The van der Waals surface area contributed by atoms with Gasteiger partial charge in [0.1, 0.15) is 0 Å². The minimum absolute atomic E-state index is 0.271. The first-order valence-corrected chi connectivity index (χ1v) is 10.4. The van der Waals surface area contributed by atoms with E-state index in [1.807, 2.05) is 48.5 Å². The number of hydrogen-bond donors (Lipinski definition) is 0. The number of pyridine rings is 1. The summed E-state index contributed by atoms with van der Waals surface area (Å²) in [6.07, 6.45) is 11.0. The molecule has 0 spiro atoms. The second-order valence-electron chi connectivity index (χ2n) is 7.52. The minimum atomic E-state index is 0.271. The maximum absolute atomic E-state index is 5.66. The lowest BCUT2D eigenvalue weighted by molar-refractivity contribution is 0.128. The lowest BCUT2D eigenvalue weighted by atomic mass is 9.89. The van der Waals surface area contributed by atoms with Gasteiger partial charge in [0.15, 0.2) is 12.3 Å². The number of tetrazole rings is 1. The highest BCUT2D eigenvalue weighted by atomic mass is 16.6. The summed E-state index contributed by atoms with van der Waals surface area (Å²) in [5.74, 6) is 1.22. The lowest BCUT2D eigenvalue weighted by Gasteiger charge is -2.17. The van der Waals surface area contributed by atoms with E-state index in [2.05, 4.69) is 37.8 Å². The van der Waals surface area contributed by atoms with Crippen molar-refractivity contribution in [2.45, 2.75) is 38.7 Å². The van der Waals surface area contributed by atoms with E-state index in [9.17, 15) is 0 Å². The molecule has 154 valence electrons.